The molecule has 1 N–H and O–H groups in total. The number of nitrogens with one attached hydrogen (secondary N) is 1. The lowest BCUT2D eigenvalue weighted by atomic mass is 9.89. The number of hydrogen-bond donors (Lipinski definition) is 1. The lowest BCUT2D eigenvalue weighted by Crippen LogP contribution is -2.25. The van der Waals surface area contributed by atoms with Gasteiger partial charge in [0.05, 0.1) is 0 Å². The van der Waals surface area contributed by atoms with Gasteiger partial charge in [-0.25, -0.2) is 0 Å². The lowest BCUT2D eigenvalue weighted by Gasteiger charge is -2.19. The topological polar surface area (TPSA) is 59.3 Å². The summed E-state index contributed by atoms with van der Waals surface area (Å²) in [4.78, 5) is 12.4. The van der Waals surface area contributed by atoms with Gasteiger partial charge in [-0.1, -0.05) is 25.3 Å². The minimum Gasteiger partial charge on any atom is -0.349 e. The number of pyridine rings is 1. The first-order chi connectivity index (χ1) is 13.7. The van der Waals surface area contributed by atoms with E-state index in [1.807, 2.05) is 18.2 Å². The third-order valence-electron chi connectivity index (χ3n) is 6.13. The molecule has 1 aromatic carbocycles. The Hall–Kier alpha value is -2.69. The number of aromatic nitrogens is 3. The van der Waals surface area contributed by atoms with Crippen LogP contribution in [0.5, 0.6) is 0 Å². The molecule has 3 aromatic rings. The smallest absolute Gasteiger partial charge is 0.251 e. The van der Waals surface area contributed by atoms with Gasteiger partial charge in [-0.05, 0) is 73.6 Å². The fourth-order valence-corrected chi connectivity index (χ4v) is 4.29. The molecule has 0 spiro atoms. The average Bonchev–Trinajstić information content (AvgIpc) is 3.44. The number of carbonyl (C=O) groups is 1. The third kappa shape index (κ3) is 3.30. The molecule has 2 aliphatic rings. The number of benzene rings is 1. The van der Waals surface area contributed by atoms with Crippen molar-refractivity contribution >= 4 is 11.6 Å². The van der Waals surface area contributed by atoms with Crippen LogP contribution >= 0.6 is 0 Å². The van der Waals surface area contributed by atoms with Gasteiger partial charge in [0, 0.05) is 23.7 Å². The Morgan fingerprint density at radius 2 is 1.86 bits per heavy atom. The summed E-state index contributed by atoms with van der Waals surface area (Å²) in [6.07, 6.45) is 10.6. The van der Waals surface area contributed by atoms with E-state index in [9.17, 15) is 4.79 Å². The van der Waals surface area contributed by atoms with Crippen LogP contribution in [-0.2, 0) is 0 Å². The number of amides is 1. The number of hydrogen-bond acceptors (Lipinski definition) is 3. The highest BCUT2D eigenvalue weighted by molar-refractivity contribution is 5.96. The minimum absolute atomic E-state index is 0.0203. The highest BCUT2D eigenvalue weighted by Gasteiger charge is 2.24. The van der Waals surface area contributed by atoms with E-state index in [4.69, 9.17) is 0 Å². The van der Waals surface area contributed by atoms with E-state index in [1.54, 1.807) is 0 Å². The van der Waals surface area contributed by atoms with Gasteiger partial charge in [-0.2, -0.15) is 0 Å². The van der Waals surface area contributed by atoms with Gasteiger partial charge in [0.15, 0.2) is 5.65 Å². The van der Waals surface area contributed by atoms with Crippen LogP contribution in [0.3, 0.4) is 0 Å². The molecule has 0 bridgehead atoms. The largest absolute Gasteiger partial charge is 0.349 e. The summed E-state index contributed by atoms with van der Waals surface area (Å²) in [6, 6.07) is 10.5. The van der Waals surface area contributed by atoms with Gasteiger partial charge in [-0.3, -0.25) is 9.20 Å². The molecule has 0 unspecified atom stereocenters. The van der Waals surface area contributed by atoms with Crippen molar-refractivity contribution in [2.24, 2.45) is 0 Å². The zero-order chi connectivity index (χ0) is 19.1. The summed E-state index contributed by atoms with van der Waals surface area (Å²) in [5.74, 6) is 1.63. The molecule has 2 aromatic heterocycles. The van der Waals surface area contributed by atoms with Gasteiger partial charge < -0.3 is 5.32 Å². The van der Waals surface area contributed by atoms with Crippen molar-refractivity contribution in [1.29, 1.82) is 0 Å². The van der Waals surface area contributed by atoms with Gasteiger partial charge in [0.25, 0.3) is 5.91 Å². The molecule has 28 heavy (non-hydrogen) atoms. The first-order valence-corrected chi connectivity index (χ1v) is 10.5. The first kappa shape index (κ1) is 17.4. The predicted molar refractivity (Wildman–Crippen MR) is 109 cm³/mol. The zero-order valence-electron chi connectivity index (χ0n) is 16.3. The molecular formula is C23H26N4O. The maximum absolute atomic E-state index is 12.4. The third-order valence-corrected chi connectivity index (χ3v) is 6.13. The normalized spacial score (nSPS) is 17.8. The van der Waals surface area contributed by atoms with Crippen molar-refractivity contribution in [1.82, 2.24) is 19.9 Å². The standard InChI is InChI=1S/C23H26N4O/c1-15-7-8-18(23(28)24-19-9-10-19)13-20(15)17-11-12-27-21(14-17)25-26-22(27)16-5-3-2-4-6-16/h7-8,11-14,16,19H,2-6,9-10H2,1H3,(H,24,28). The summed E-state index contributed by atoms with van der Waals surface area (Å²) in [5.41, 5.74) is 4.91. The zero-order valence-corrected chi connectivity index (χ0v) is 16.3. The molecule has 2 aliphatic carbocycles. The molecule has 0 atom stereocenters. The molecule has 5 rings (SSSR count). The summed E-state index contributed by atoms with van der Waals surface area (Å²) >= 11 is 0. The molecule has 0 radical (unpaired) electrons. The summed E-state index contributed by atoms with van der Waals surface area (Å²) in [5, 5.41) is 12.0. The Kier molecular flexibility index (Phi) is 4.38. The van der Waals surface area contributed by atoms with E-state index < -0.39 is 0 Å². The van der Waals surface area contributed by atoms with Crippen LogP contribution in [0.2, 0.25) is 0 Å². The quantitative estimate of drug-likeness (QED) is 0.723. The van der Waals surface area contributed by atoms with E-state index in [-0.39, 0.29) is 5.91 Å². The van der Waals surface area contributed by atoms with Gasteiger partial charge in [-0.15, -0.1) is 10.2 Å². The summed E-state index contributed by atoms with van der Waals surface area (Å²) < 4.78 is 2.14. The Bertz CT molecular complexity index is 1030. The van der Waals surface area contributed by atoms with E-state index in [0.717, 1.165) is 46.6 Å². The second kappa shape index (κ2) is 7.04. The van der Waals surface area contributed by atoms with Gasteiger partial charge >= 0.3 is 0 Å². The molecule has 0 saturated heterocycles. The predicted octanol–water partition coefficient (Wildman–Crippen LogP) is 4.64. The van der Waals surface area contributed by atoms with Crippen LogP contribution in [-0.4, -0.2) is 26.5 Å². The van der Waals surface area contributed by atoms with E-state index >= 15 is 0 Å². The molecular weight excluding hydrogens is 348 g/mol. The number of nitrogens with zero attached hydrogens (tertiary/aromatic N) is 3. The van der Waals surface area contributed by atoms with Gasteiger partial charge in [0.1, 0.15) is 5.82 Å². The Morgan fingerprint density at radius 1 is 1.04 bits per heavy atom. The molecule has 144 valence electrons. The van der Waals surface area contributed by atoms with Gasteiger partial charge in [0.2, 0.25) is 0 Å². The van der Waals surface area contributed by atoms with Crippen LogP contribution in [0.1, 0.15) is 72.6 Å². The lowest BCUT2D eigenvalue weighted by molar-refractivity contribution is 0.0951. The maximum Gasteiger partial charge on any atom is 0.251 e. The fourth-order valence-electron chi connectivity index (χ4n) is 4.29. The maximum atomic E-state index is 12.4. The highest BCUT2D eigenvalue weighted by Crippen LogP contribution is 2.33. The fraction of sp³-hybridized carbons (Fsp3) is 0.435. The van der Waals surface area contributed by atoms with Crippen LogP contribution in [0, 0.1) is 6.92 Å². The van der Waals surface area contributed by atoms with E-state index in [2.05, 4.69) is 45.2 Å². The van der Waals surface area contributed by atoms with Crippen LogP contribution in [0.15, 0.2) is 36.5 Å². The van der Waals surface area contributed by atoms with Crippen LogP contribution in [0.25, 0.3) is 16.8 Å². The molecule has 5 nitrogen and oxygen atoms in total. The van der Waals surface area contributed by atoms with Crippen molar-refractivity contribution in [3.8, 4) is 11.1 Å². The minimum atomic E-state index is 0.0203. The Labute approximate surface area is 165 Å². The molecule has 2 fully saturated rings. The van der Waals surface area contributed by atoms with Crippen molar-refractivity contribution in [3.05, 3.63) is 53.5 Å². The number of carbonyl (C=O) groups excluding carboxylic acids is 1. The second-order valence-corrected chi connectivity index (χ2v) is 8.31. The summed E-state index contributed by atoms with van der Waals surface area (Å²) in [6.45, 7) is 2.08. The Balaban J connectivity index is 1.48. The number of rotatable bonds is 4. The molecule has 0 aliphatic heterocycles. The van der Waals surface area contributed by atoms with Crippen LogP contribution in [0.4, 0.5) is 0 Å². The molecule has 5 heteroatoms. The van der Waals surface area contributed by atoms with Crippen molar-refractivity contribution < 1.29 is 4.79 Å². The first-order valence-electron chi connectivity index (χ1n) is 10.5. The van der Waals surface area contributed by atoms with E-state index in [1.165, 1.54) is 32.1 Å². The highest BCUT2D eigenvalue weighted by atomic mass is 16.1. The van der Waals surface area contributed by atoms with Crippen molar-refractivity contribution in [3.63, 3.8) is 0 Å². The van der Waals surface area contributed by atoms with Crippen LogP contribution < -0.4 is 5.32 Å². The Morgan fingerprint density at radius 3 is 2.64 bits per heavy atom. The number of fused-ring (bicyclic) bond motifs is 1. The summed E-state index contributed by atoms with van der Waals surface area (Å²) in [7, 11) is 0. The second-order valence-electron chi connectivity index (χ2n) is 8.31. The molecule has 1 amide bonds. The molecule has 2 heterocycles. The van der Waals surface area contributed by atoms with E-state index in [0.29, 0.717) is 12.0 Å². The monoisotopic (exact) mass is 374 g/mol. The number of aryl methyl sites for hydroxylation is 1. The van der Waals surface area contributed by atoms with Crippen molar-refractivity contribution in [2.45, 2.75) is 63.8 Å². The molecule has 2 saturated carbocycles. The van der Waals surface area contributed by atoms with Crippen molar-refractivity contribution in [2.75, 3.05) is 0 Å². The SMILES string of the molecule is Cc1ccc(C(=O)NC2CC2)cc1-c1ccn2c(C3CCCCC3)nnc2c1. The average molecular weight is 374 g/mol.